The number of aryl methyl sites for hydroxylation is 2. The highest BCUT2D eigenvalue weighted by molar-refractivity contribution is 7.11. The van der Waals surface area contributed by atoms with Gasteiger partial charge in [0.1, 0.15) is 10.8 Å². The molecule has 1 atom stereocenters. The number of halogens is 2. The third kappa shape index (κ3) is 4.87. The number of carbonyl (C=O) groups excluding carboxylic acids is 2. The number of benzene rings is 1. The number of rotatable bonds is 6. The second kappa shape index (κ2) is 8.98. The van der Waals surface area contributed by atoms with Crippen molar-refractivity contribution >= 4 is 34.8 Å². The van der Waals surface area contributed by atoms with Crippen LogP contribution in [0.5, 0.6) is 0 Å². The first-order chi connectivity index (χ1) is 13.3. The van der Waals surface area contributed by atoms with Crippen molar-refractivity contribution in [2.45, 2.75) is 39.4 Å². The molecule has 28 heavy (non-hydrogen) atoms. The molecule has 0 aliphatic carbocycles. The van der Waals surface area contributed by atoms with E-state index in [9.17, 15) is 14.0 Å². The average Bonchev–Trinajstić information content (AvgIpc) is 2.97. The fraction of sp³-hybridized carbons (Fsp3) is 0.421. The van der Waals surface area contributed by atoms with Gasteiger partial charge in [0.25, 0.3) is 0 Å². The fourth-order valence-corrected chi connectivity index (χ4v) is 4.19. The molecule has 150 valence electrons. The summed E-state index contributed by atoms with van der Waals surface area (Å²) in [6, 6.07) is 3.82. The molecule has 1 aliphatic rings. The van der Waals surface area contributed by atoms with Crippen LogP contribution in [0.4, 0.5) is 4.39 Å². The zero-order valence-corrected chi connectivity index (χ0v) is 17.3. The summed E-state index contributed by atoms with van der Waals surface area (Å²) >= 11 is 7.66. The molecule has 9 heteroatoms. The van der Waals surface area contributed by atoms with Crippen LogP contribution in [0.2, 0.25) is 5.02 Å². The van der Waals surface area contributed by atoms with Crippen LogP contribution in [-0.4, -0.2) is 40.8 Å². The minimum atomic E-state index is -0.677. The zero-order chi connectivity index (χ0) is 20.3. The van der Waals surface area contributed by atoms with Gasteiger partial charge in [-0.15, -0.1) is 11.3 Å². The summed E-state index contributed by atoms with van der Waals surface area (Å²) < 4.78 is 14.1. The topological polar surface area (TPSA) is 74.3 Å². The second-order valence-electron chi connectivity index (χ2n) is 6.71. The minimum Gasteiger partial charge on any atom is -0.353 e. The van der Waals surface area contributed by atoms with E-state index in [1.54, 1.807) is 11.0 Å². The molecule has 2 aromatic rings. The minimum absolute atomic E-state index is 0.0127. The number of amides is 2. The van der Waals surface area contributed by atoms with Crippen molar-refractivity contribution < 1.29 is 14.0 Å². The third-order valence-corrected chi connectivity index (χ3v) is 6.18. The molecule has 6 nitrogen and oxygen atoms in total. The van der Waals surface area contributed by atoms with Crippen LogP contribution in [0.25, 0.3) is 0 Å². The van der Waals surface area contributed by atoms with Crippen molar-refractivity contribution in [2.75, 3.05) is 13.1 Å². The van der Waals surface area contributed by atoms with Gasteiger partial charge in [0.15, 0.2) is 0 Å². The third-order valence-electron chi connectivity index (χ3n) is 4.75. The molecule has 1 aliphatic heterocycles. The first-order valence-corrected chi connectivity index (χ1v) is 10.2. The van der Waals surface area contributed by atoms with E-state index in [1.807, 2.05) is 13.8 Å². The molecule has 1 saturated heterocycles. The predicted octanol–water partition coefficient (Wildman–Crippen LogP) is 2.56. The molecule has 1 fully saturated rings. The van der Waals surface area contributed by atoms with Crippen LogP contribution in [0.3, 0.4) is 0 Å². The van der Waals surface area contributed by atoms with Crippen LogP contribution in [-0.2, 0) is 22.7 Å². The Bertz CT molecular complexity index is 849. The van der Waals surface area contributed by atoms with Crippen molar-refractivity contribution in [1.82, 2.24) is 20.5 Å². The lowest BCUT2D eigenvalue weighted by Crippen LogP contribution is -2.56. The summed E-state index contributed by atoms with van der Waals surface area (Å²) in [5.41, 5.74) is 1.28. The monoisotopic (exact) mass is 424 g/mol. The molecule has 0 spiro atoms. The number of nitrogens with one attached hydrogen (secondary N) is 2. The molecule has 3 rings (SSSR count). The lowest BCUT2D eigenvalue weighted by Gasteiger charge is -2.34. The number of carbonyl (C=O) groups is 2. The number of nitrogens with zero attached hydrogens (tertiary/aromatic N) is 2. The lowest BCUT2D eigenvalue weighted by atomic mass is 10.1. The van der Waals surface area contributed by atoms with Gasteiger partial charge >= 0.3 is 0 Å². The van der Waals surface area contributed by atoms with E-state index in [0.717, 1.165) is 15.6 Å². The van der Waals surface area contributed by atoms with Crippen molar-refractivity contribution in [3.63, 3.8) is 0 Å². The van der Waals surface area contributed by atoms with Gasteiger partial charge in [-0.1, -0.05) is 17.7 Å². The molecule has 0 unspecified atom stereocenters. The van der Waals surface area contributed by atoms with E-state index < -0.39 is 11.9 Å². The Morgan fingerprint density at radius 2 is 2.25 bits per heavy atom. The summed E-state index contributed by atoms with van der Waals surface area (Å²) in [6.07, 6.45) is -0.0127. The molecule has 0 saturated carbocycles. The second-order valence-corrected chi connectivity index (χ2v) is 8.40. The maximum Gasteiger partial charge on any atom is 0.237 e. The SMILES string of the molecule is Cc1nc(CNC(=O)C[C@H]2C(=O)NCCN2Cc2c(F)cccc2Cl)sc1C. The normalized spacial score (nSPS) is 17.4. The maximum atomic E-state index is 14.1. The number of thiazole rings is 1. The Kier molecular flexibility index (Phi) is 6.64. The van der Waals surface area contributed by atoms with Crippen molar-refractivity contribution in [2.24, 2.45) is 0 Å². The van der Waals surface area contributed by atoms with E-state index in [2.05, 4.69) is 15.6 Å². The molecule has 0 radical (unpaired) electrons. The largest absolute Gasteiger partial charge is 0.353 e. The molecule has 2 N–H and O–H groups in total. The van der Waals surface area contributed by atoms with Gasteiger partial charge in [-0.05, 0) is 26.0 Å². The number of hydrogen-bond donors (Lipinski definition) is 2. The highest BCUT2D eigenvalue weighted by Gasteiger charge is 2.32. The smallest absolute Gasteiger partial charge is 0.237 e. The van der Waals surface area contributed by atoms with E-state index >= 15 is 0 Å². The predicted molar refractivity (Wildman–Crippen MR) is 107 cm³/mol. The average molecular weight is 425 g/mol. The Balaban J connectivity index is 1.65. The fourth-order valence-electron chi connectivity index (χ4n) is 3.10. The maximum absolute atomic E-state index is 14.1. The Labute approximate surface area is 172 Å². The molecule has 2 amide bonds. The van der Waals surface area contributed by atoms with E-state index in [-0.39, 0.29) is 24.8 Å². The van der Waals surface area contributed by atoms with Gasteiger partial charge in [-0.2, -0.15) is 0 Å². The summed E-state index contributed by atoms with van der Waals surface area (Å²) in [6.45, 7) is 5.36. The first-order valence-electron chi connectivity index (χ1n) is 8.99. The van der Waals surface area contributed by atoms with E-state index in [0.29, 0.717) is 30.2 Å². The summed E-state index contributed by atoms with van der Waals surface area (Å²) in [5, 5.41) is 6.72. The molecule has 1 aromatic heterocycles. The van der Waals surface area contributed by atoms with Crippen LogP contribution in [0.15, 0.2) is 18.2 Å². The number of piperazine rings is 1. The van der Waals surface area contributed by atoms with Gasteiger partial charge in [0.2, 0.25) is 11.8 Å². The number of hydrogen-bond acceptors (Lipinski definition) is 5. The summed E-state index contributed by atoms with van der Waals surface area (Å²) in [4.78, 5) is 32.1. The standard InChI is InChI=1S/C19H22ClFN4O2S/c1-11-12(2)28-18(24-11)9-23-17(26)8-16-19(27)22-6-7-25(16)10-13-14(20)4-3-5-15(13)21/h3-5,16H,6-10H2,1-2H3,(H,22,27)(H,23,26)/t16-/m0/s1. The highest BCUT2D eigenvalue weighted by Crippen LogP contribution is 2.23. The van der Waals surface area contributed by atoms with Crippen LogP contribution < -0.4 is 10.6 Å². The summed E-state index contributed by atoms with van der Waals surface area (Å²) in [5.74, 6) is -0.914. The van der Waals surface area contributed by atoms with Crippen LogP contribution >= 0.6 is 22.9 Å². The van der Waals surface area contributed by atoms with Crippen LogP contribution in [0, 0.1) is 19.7 Å². The highest BCUT2D eigenvalue weighted by atomic mass is 35.5. The van der Waals surface area contributed by atoms with Crippen molar-refractivity contribution in [3.8, 4) is 0 Å². The quantitative estimate of drug-likeness (QED) is 0.747. The molecule has 1 aromatic carbocycles. The van der Waals surface area contributed by atoms with Gasteiger partial charge in [-0.25, -0.2) is 9.37 Å². The van der Waals surface area contributed by atoms with Crippen molar-refractivity contribution in [1.29, 1.82) is 0 Å². The zero-order valence-electron chi connectivity index (χ0n) is 15.7. The van der Waals surface area contributed by atoms with Gasteiger partial charge in [0.05, 0.1) is 24.7 Å². The van der Waals surface area contributed by atoms with Gasteiger partial charge in [-0.3, -0.25) is 14.5 Å². The molecular formula is C19H22ClFN4O2S. The molecule has 2 heterocycles. The summed E-state index contributed by atoms with van der Waals surface area (Å²) in [7, 11) is 0. The molecular weight excluding hydrogens is 403 g/mol. The Morgan fingerprint density at radius 3 is 2.93 bits per heavy atom. The Hall–Kier alpha value is -2.03. The van der Waals surface area contributed by atoms with Crippen molar-refractivity contribution in [3.05, 3.63) is 50.2 Å². The number of aromatic nitrogens is 1. The lowest BCUT2D eigenvalue weighted by molar-refractivity contribution is -0.134. The Morgan fingerprint density at radius 1 is 1.46 bits per heavy atom. The van der Waals surface area contributed by atoms with Gasteiger partial charge in [0, 0.05) is 35.1 Å². The first kappa shape index (κ1) is 20.7. The van der Waals surface area contributed by atoms with Crippen LogP contribution in [0.1, 0.15) is 27.6 Å². The van der Waals surface area contributed by atoms with E-state index in [1.165, 1.54) is 23.5 Å². The molecule has 0 bridgehead atoms. The van der Waals surface area contributed by atoms with Gasteiger partial charge < -0.3 is 10.6 Å². The van der Waals surface area contributed by atoms with E-state index in [4.69, 9.17) is 11.6 Å².